The number of aromatic hydroxyl groups is 2. The lowest BCUT2D eigenvalue weighted by atomic mass is 10.0. The van der Waals surface area contributed by atoms with Gasteiger partial charge in [0.25, 0.3) is 0 Å². The SMILES string of the molecule is OCCCc1ccc(C(F)(F)F)c(O)c1O. The molecule has 0 spiro atoms. The highest BCUT2D eigenvalue weighted by molar-refractivity contribution is 5.51. The second-order valence-corrected chi connectivity index (χ2v) is 3.29. The van der Waals surface area contributed by atoms with Crippen LogP contribution < -0.4 is 0 Å². The Balaban J connectivity index is 3.08. The molecule has 1 rings (SSSR count). The number of phenolic OH excluding ortho intramolecular Hbond substituents is 2. The molecule has 3 nitrogen and oxygen atoms in total. The molecule has 0 saturated carbocycles. The van der Waals surface area contributed by atoms with Crippen LogP contribution in [0.1, 0.15) is 17.5 Å². The molecule has 0 fully saturated rings. The van der Waals surface area contributed by atoms with E-state index in [2.05, 4.69) is 0 Å². The van der Waals surface area contributed by atoms with E-state index in [-0.39, 0.29) is 18.6 Å². The molecule has 0 atom stereocenters. The number of rotatable bonds is 3. The molecule has 1 aromatic rings. The predicted octanol–water partition coefficient (Wildman–Crippen LogP) is 2.04. The van der Waals surface area contributed by atoms with Gasteiger partial charge in [0.05, 0.1) is 0 Å². The number of phenols is 2. The Kier molecular flexibility index (Phi) is 3.64. The monoisotopic (exact) mass is 236 g/mol. The van der Waals surface area contributed by atoms with Crippen molar-refractivity contribution in [2.24, 2.45) is 0 Å². The summed E-state index contributed by atoms with van der Waals surface area (Å²) < 4.78 is 36.9. The number of aryl methyl sites for hydroxylation is 1. The summed E-state index contributed by atoms with van der Waals surface area (Å²) in [6.45, 7) is -0.138. The number of hydrogen-bond donors (Lipinski definition) is 3. The number of benzene rings is 1. The normalized spacial score (nSPS) is 11.8. The Bertz CT molecular complexity index is 374. The average Bonchev–Trinajstić information content (AvgIpc) is 2.18. The Morgan fingerprint density at radius 3 is 2.19 bits per heavy atom. The van der Waals surface area contributed by atoms with Gasteiger partial charge in [0.2, 0.25) is 0 Å². The molecule has 6 heteroatoms. The Morgan fingerprint density at radius 1 is 1.06 bits per heavy atom. The van der Waals surface area contributed by atoms with Crippen molar-refractivity contribution in [1.29, 1.82) is 0 Å². The van der Waals surface area contributed by atoms with Crippen molar-refractivity contribution in [2.45, 2.75) is 19.0 Å². The summed E-state index contributed by atoms with van der Waals surface area (Å²) in [6, 6.07) is 1.80. The summed E-state index contributed by atoms with van der Waals surface area (Å²) in [7, 11) is 0. The zero-order valence-electron chi connectivity index (χ0n) is 8.25. The van der Waals surface area contributed by atoms with Crippen LogP contribution in [-0.2, 0) is 12.6 Å². The molecule has 1 aromatic carbocycles. The van der Waals surface area contributed by atoms with E-state index in [1.165, 1.54) is 0 Å². The third-order valence-corrected chi connectivity index (χ3v) is 2.14. The van der Waals surface area contributed by atoms with Crippen molar-refractivity contribution >= 4 is 0 Å². The first-order valence-corrected chi connectivity index (χ1v) is 4.59. The van der Waals surface area contributed by atoms with E-state index >= 15 is 0 Å². The second kappa shape index (κ2) is 4.61. The van der Waals surface area contributed by atoms with Crippen LogP contribution in [0.5, 0.6) is 11.5 Å². The maximum atomic E-state index is 12.3. The second-order valence-electron chi connectivity index (χ2n) is 3.29. The minimum Gasteiger partial charge on any atom is -0.504 e. The minimum atomic E-state index is -4.70. The molecule has 0 aromatic heterocycles. The van der Waals surface area contributed by atoms with Gasteiger partial charge in [-0.3, -0.25) is 0 Å². The minimum absolute atomic E-state index is 0.138. The van der Waals surface area contributed by atoms with E-state index in [1.807, 2.05) is 0 Å². The summed E-state index contributed by atoms with van der Waals surface area (Å²) in [5, 5.41) is 27.1. The third kappa shape index (κ3) is 2.57. The van der Waals surface area contributed by atoms with Crippen molar-refractivity contribution in [3.63, 3.8) is 0 Å². The molecular weight excluding hydrogens is 225 g/mol. The van der Waals surface area contributed by atoms with Gasteiger partial charge in [0.1, 0.15) is 5.56 Å². The molecule has 90 valence electrons. The van der Waals surface area contributed by atoms with Crippen molar-refractivity contribution < 1.29 is 28.5 Å². The Labute approximate surface area is 89.8 Å². The van der Waals surface area contributed by atoms with Crippen LogP contribution in [0.4, 0.5) is 13.2 Å². The van der Waals surface area contributed by atoms with Crippen LogP contribution in [0.15, 0.2) is 12.1 Å². The standard InChI is InChI=1S/C10H11F3O3/c11-10(12,13)7-4-3-6(2-1-5-14)8(15)9(7)16/h3-4,14-16H,1-2,5H2. The number of aliphatic hydroxyl groups is 1. The number of aliphatic hydroxyl groups excluding tert-OH is 1. The van der Waals surface area contributed by atoms with Gasteiger partial charge < -0.3 is 15.3 Å². The fraction of sp³-hybridized carbons (Fsp3) is 0.400. The van der Waals surface area contributed by atoms with Gasteiger partial charge in [-0.05, 0) is 24.5 Å². The van der Waals surface area contributed by atoms with E-state index in [1.54, 1.807) is 0 Å². The quantitative estimate of drug-likeness (QED) is 0.704. The molecule has 0 bridgehead atoms. The first-order valence-electron chi connectivity index (χ1n) is 4.59. The van der Waals surface area contributed by atoms with E-state index < -0.39 is 23.2 Å². The van der Waals surface area contributed by atoms with Gasteiger partial charge in [0, 0.05) is 6.61 Å². The van der Waals surface area contributed by atoms with E-state index in [9.17, 15) is 23.4 Å². The molecule has 0 amide bonds. The fourth-order valence-electron chi connectivity index (χ4n) is 1.32. The summed E-state index contributed by atoms with van der Waals surface area (Å²) in [6.07, 6.45) is -4.19. The highest BCUT2D eigenvalue weighted by atomic mass is 19.4. The van der Waals surface area contributed by atoms with Gasteiger partial charge in [-0.1, -0.05) is 6.07 Å². The zero-order valence-corrected chi connectivity index (χ0v) is 8.25. The van der Waals surface area contributed by atoms with Crippen LogP contribution in [0, 0.1) is 0 Å². The highest BCUT2D eigenvalue weighted by Crippen LogP contribution is 2.42. The maximum absolute atomic E-state index is 12.3. The first-order chi connectivity index (χ1) is 7.38. The Morgan fingerprint density at radius 2 is 1.69 bits per heavy atom. The molecule has 16 heavy (non-hydrogen) atoms. The molecule has 0 aliphatic carbocycles. The van der Waals surface area contributed by atoms with E-state index in [0.29, 0.717) is 12.5 Å². The van der Waals surface area contributed by atoms with Crippen molar-refractivity contribution in [2.75, 3.05) is 6.61 Å². The fourth-order valence-corrected chi connectivity index (χ4v) is 1.32. The van der Waals surface area contributed by atoms with Crippen molar-refractivity contribution in [3.05, 3.63) is 23.3 Å². The molecule has 3 N–H and O–H groups in total. The van der Waals surface area contributed by atoms with Crippen molar-refractivity contribution in [3.8, 4) is 11.5 Å². The highest BCUT2D eigenvalue weighted by Gasteiger charge is 2.35. The van der Waals surface area contributed by atoms with Crippen LogP contribution >= 0.6 is 0 Å². The summed E-state index contributed by atoms with van der Waals surface area (Å²) in [5.74, 6) is -1.94. The lowest BCUT2D eigenvalue weighted by molar-refractivity contribution is -0.138. The predicted molar refractivity (Wildman–Crippen MR) is 50.2 cm³/mol. The van der Waals surface area contributed by atoms with Gasteiger partial charge in [-0.2, -0.15) is 13.2 Å². The topological polar surface area (TPSA) is 60.7 Å². The molecule has 0 aliphatic heterocycles. The lowest BCUT2D eigenvalue weighted by Gasteiger charge is -2.12. The third-order valence-electron chi connectivity index (χ3n) is 2.14. The van der Waals surface area contributed by atoms with E-state index in [0.717, 1.165) is 6.07 Å². The molecule has 0 saturated heterocycles. The summed E-state index contributed by atoms with van der Waals surface area (Å²) >= 11 is 0. The van der Waals surface area contributed by atoms with E-state index in [4.69, 9.17) is 5.11 Å². The smallest absolute Gasteiger partial charge is 0.420 e. The van der Waals surface area contributed by atoms with Gasteiger partial charge in [-0.15, -0.1) is 0 Å². The van der Waals surface area contributed by atoms with Crippen LogP contribution in [0.2, 0.25) is 0 Å². The first kappa shape index (κ1) is 12.6. The van der Waals surface area contributed by atoms with Crippen LogP contribution in [-0.4, -0.2) is 21.9 Å². The average molecular weight is 236 g/mol. The number of alkyl halides is 3. The zero-order chi connectivity index (χ0) is 12.3. The molecular formula is C10H11F3O3. The maximum Gasteiger partial charge on any atom is 0.420 e. The summed E-state index contributed by atoms with van der Waals surface area (Å²) in [4.78, 5) is 0. The van der Waals surface area contributed by atoms with Gasteiger partial charge >= 0.3 is 6.18 Å². The number of hydrogen-bond acceptors (Lipinski definition) is 3. The molecule has 0 radical (unpaired) electrons. The number of halogens is 3. The van der Waals surface area contributed by atoms with Crippen LogP contribution in [0.3, 0.4) is 0 Å². The molecule has 0 heterocycles. The lowest BCUT2D eigenvalue weighted by Crippen LogP contribution is -2.06. The Hall–Kier alpha value is -1.43. The molecule has 0 aliphatic rings. The largest absolute Gasteiger partial charge is 0.504 e. The van der Waals surface area contributed by atoms with Gasteiger partial charge in [0.15, 0.2) is 11.5 Å². The van der Waals surface area contributed by atoms with Crippen LogP contribution in [0.25, 0.3) is 0 Å². The molecule has 0 unspecified atom stereocenters. The summed E-state index contributed by atoms with van der Waals surface area (Å²) in [5.41, 5.74) is -1.09. The van der Waals surface area contributed by atoms with Crippen molar-refractivity contribution in [1.82, 2.24) is 0 Å². The van der Waals surface area contributed by atoms with Gasteiger partial charge in [-0.25, -0.2) is 0 Å².